The van der Waals surface area contributed by atoms with Crippen molar-refractivity contribution in [1.82, 2.24) is 14.8 Å². The van der Waals surface area contributed by atoms with Crippen LogP contribution in [0.25, 0.3) is 10.2 Å². The largest absolute Gasteiger partial charge is 0.339 e. The van der Waals surface area contributed by atoms with Gasteiger partial charge < -0.3 is 9.80 Å². The summed E-state index contributed by atoms with van der Waals surface area (Å²) in [5.41, 5.74) is 1.30. The van der Waals surface area contributed by atoms with Gasteiger partial charge in [-0.1, -0.05) is 48.9 Å². The van der Waals surface area contributed by atoms with Crippen molar-refractivity contribution >= 4 is 33.4 Å². The Balaban J connectivity index is 1.37. The lowest BCUT2D eigenvalue weighted by molar-refractivity contribution is -0.146. The third-order valence-corrected chi connectivity index (χ3v) is 8.10. The van der Waals surface area contributed by atoms with Gasteiger partial charge in [-0.05, 0) is 37.5 Å². The Bertz CT molecular complexity index is 1080. The molecule has 0 bridgehead atoms. The fourth-order valence-electron chi connectivity index (χ4n) is 4.80. The van der Waals surface area contributed by atoms with Crippen LogP contribution in [0, 0.1) is 5.92 Å². The number of aromatic nitrogens is 1. The molecule has 5 nitrogen and oxygen atoms in total. The van der Waals surface area contributed by atoms with Crippen LogP contribution in [0.15, 0.2) is 54.6 Å². The van der Waals surface area contributed by atoms with E-state index in [1.165, 1.54) is 0 Å². The molecule has 0 radical (unpaired) electrons. The Labute approximate surface area is 193 Å². The first-order chi connectivity index (χ1) is 15.5. The molecule has 1 atom stereocenters. The van der Waals surface area contributed by atoms with Crippen LogP contribution in [-0.2, 0) is 21.4 Å². The van der Waals surface area contributed by atoms with Crippen molar-refractivity contribution in [2.45, 2.75) is 38.0 Å². The van der Waals surface area contributed by atoms with Gasteiger partial charge in [-0.15, -0.1) is 11.3 Å². The maximum atomic E-state index is 13.9. The number of hydrogen-bond donors (Lipinski definition) is 0. The van der Waals surface area contributed by atoms with Crippen LogP contribution < -0.4 is 0 Å². The standard InChI is InChI=1S/C26H29N3O2S/c1-26(20-10-3-2-4-11-20,18-23-27-21-12-5-6-13-22(21)32-23)25(31)29-16-14-28(15-17-29)24(30)19-8-7-9-19/h2-6,10-13,19H,7-9,14-18H2,1H3. The van der Waals surface area contributed by atoms with Crippen LogP contribution in [0.1, 0.15) is 36.8 Å². The third-order valence-electron chi connectivity index (χ3n) is 7.06. The maximum absolute atomic E-state index is 13.9. The molecule has 2 fully saturated rings. The predicted octanol–water partition coefficient (Wildman–Crippen LogP) is 4.27. The zero-order valence-electron chi connectivity index (χ0n) is 18.5. The van der Waals surface area contributed by atoms with Gasteiger partial charge in [0.25, 0.3) is 0 Å². The summed E-state index contributed by atoms with van der Waals surface area (Å²) in [6, 6.07) is 18.2. The van der Waals surface area contributed by atoms with Crippen LogP contribution in [0.5, 0.6) is 0 Å². The lowest BCUT2D eigenvalue weighted by atomic mass is 9.78. The molecule has 166 valence electrons. The van der Waals surface area contributed by atoms with Gasteiger partial charge in [-0.25, -0.2) is 4.98 Å². The lowest BCUT2D eigenvalue weighted by Crippen LogP contribution is -2.56. The minimum Gasteiger partial charge on any atom is -0.339 e. The van der Waals surface area contributed by atoms with Gasteiger partial charge in [0.15, 0.2) is 0 Å². The van der Waals surface area contributed by atoms with Gasteiger partial charge in [0.1, 0.15) is 0 Å². The van der Waals surface area contributed by atoms with E-state index in [0.29, 0.717) is 32.6 Å². The van der Waals surface area contributed by atoms with Gasteiger partial charge in [-0.2, -0.15) is 0 Å². The number of para-hydroxylation sites is 1. The molecule has 6 heteroatoms. The van der Waals surface area contributed by atoms with Gasteiger partial charge in [-0.3, -0.25) is 9.59 Å². The minimum absolute atomic E-state index is 0.124. The highest BCUT2D eigenvalue weighted by molar-refractivity contribution is 7.18. The topological polar surface area (TPSA) is 53.5 Å². The molecule has 1 aromatic heterocycles. The molecule has 0 N–H and O–H groups in total. The maximum Gasteiger partial charge on any atom is 0.233 e. The molecule has 32 heavy (non-hydrogen) atoms. The van der Waals surface area contributed by atoms with E-state index in [2.05, 4.69) is 6.07 Å². The molecular formula is C26H29N3O2S. The molecule has 2 heterocycles. The summed E-state index contributed by atoms with van der Waals surface area (Å²) in [5.74, 6) is 0.619. The number of piperazine rings is 1. The number of fused-ring (bicyclic) bond motifs is 1. The van der Waals surface area contributed by atoms with Crippen LogP contribution >= 0.6 is 11.3 Å². The molecule has 2 aliphatic rings. The number of nitrogens with zero attached hydrogens (tertiary/aromatic N) is 3. The van der Waals surface area contributed by atoms with Gasteiger partial charge in [0.05, 0.1) is 20.6 Å². The Morgan fingerprint density at radius 3 is 2.28 bits per heavy atom. The number of hydrogen-bond acceptors (Lipinski definition) is 4. The van der Waals surface area contributed by atoms with Gasteiger partial charge in [0, 0.05) is 38.5 Å². The van der Waals surface area contributed by atoms with E-state index in [9.17, 15) is 9.59 Å². The van der Waals surface area contributed by atoms with Crippen molar-refractivity contribution in [2.24, 2.45) is 5.92 Å². The summed E-state index contributed by atoms with van der Waals surface area (Å²) in [6.45, 7) is 4.50. The molecule has 3 aromatic rings. The quantitative estimate of drug-likeness (QED) is 0.587. The molecule has 2 aromatic carbocycles. The normalized spacial score (nSPS) is 18.9. The van der Waals surface area contributed by atoms with Gasteiger partial charge >= 0.3 is 0 Å². The predicted molar refractivity (Wildman–Crippen MR) is 128 cm³/mol. The molecular weight excluding hydrogens is 418 g/mol. The number of carbonyl (C=O) groups excluding carboxylic acids is 2. The Morgan fingerprint density at radius 2 is 1.62 bits per heavy atom. The summed E-state index contributed by atoms with van der Waals surface area (Å²) >= 11 is 1.66. The summed E-state index contributed by atoms with van der Waals surface area (Å²) in [7, 11) is 0. The van der Waals surface area contributed by atoms with E-state index >= 15 is 0 Å². The summed E-state index contributed by atoms with van der Waals surface area (Å²) in [5, 5.41) is 0.977. The molecule has 1 saturated heterocycles. The average molecular weight is 448 g/mol. The summed E-state index contributed by atoms with van der Waals surface area (Å²) < 4.78 is 1.15. The van der Waals surface area contributed by atoms with Crippen molar-refractivity contribution in [3.05, 3.63) is 65.2 Å². The highest BCUT2D eigenvalue weighted by Crippen LogP contribution is 2.34. The fraction of sp³-hybridized carbons (Fsp3) is 0.423. The first-order valence-electron chi connectivity index (χ1n) is 11.5. The van der Waals surface area contributed by atoms with Crippen molar-refractivity contribution in [1.29, 1.82) is 0 Å². The second-order valence-corrected chi connectivity index (χ2v) is 10.3. The molecule has 1 unspecified atom stereocenters. The monoisotopic (exact) mass is 447 g/mol. The number of carbonyl (C=O) groups is 2. The van der Waals surface area contributed by atoms with Crippen LogP contribution in [0.4, 0.5) is 0 Å². The third kappa shape index (κ3) is 3.92. The second-order valence-electron chi connectivity index (χ2n) is 9.20. The molecule has 0 spiro atoms. The molecule has 2 amide bonds. The van der Waals surface area contributed by atoms with Crippen LogP contribution in [-0.4, -0.2) is 52.8 Å². The van der Waals surface area contributed by atoms with Crippen molar-refractivity contribution in [2.75, 3.05) is 26.2 Å². The Morgan fingerprint density at radius 1 is 0.969 bits per heavy atom. The summed E-state index contributed by atoms with van der Waals surface area (Å²) in [4.78, 5) is 35.3. The first kappa shape index (κ1) is 21.1. The number of benzene rings is 2. The lowest BCUT2D eigenvalue weighted by Gasteiger charge is -2.41. The zero-order chi connectivity index (χ0) is 22.1. The minimum atomic E-state index is -0.699. The van der Waals surface area contributed by atoms with E-state index in [-0.39, 0.29) is 17.7 Å². The molecule has 1 aliphatic carbocycles. The number of amides is 2. The second kappa shape index (κ2) is 8.66. The highest BCUT2D eigenvalue weighted by atomic mass is 32.1. The SMILES string of the molecule is CC(Cc1nc2ccccc2s1)(C(=O)N1CCN(C(=O)C2CCC2)CC1)c1ccccc1. The van der Waals surface area contributed by atoms with E-state index in [0.717, 1.165) is 40.1 Å². The van der Waals surface area contributed by atoms with Crippen molar-refractivity contribution in [3.63, 3.8) is 0 Å². The number of rotatable bonds is 5. The Kier molecular flexibility index (Phi) is 5.72. The highest BCUT2D eigenvalue weighted by Gasteiger charge is 2.41. The van der Waals surface area contributed by atoms with E-state index in [1.54, 1.807) is 11.3 Å². The zero-order valence-corrected chi connectivity index (χ0v) is 19.3. The van der Waals surface area contributed by atoms with Crippen molar-refractivity contribution in [3.8, 4) is 0 Å². The van der Waals surface area contributed by atoms with E-state index < -0.39 is 5.41 Å². The van der Waals surface area contributed by atoms with Gasteiger partial charge in [0.2, 0.25) is 11.8 Å². The first-order valence-corrected chi connectivity index (χ1v) is 12.3. The van der Waals surface area contributed by atoms with Crippen LogP contribution in [0.3, 0.4) is 0 Å². The number of thiazole rings is 1. The molecule has 5 rings (SSSR count). The molecule has 1 saturated carbocycles. The van der Waals surface area contributed by atoms with Crippen molar-refractivity contribution < 1.29 is 9.59 Å². The Hall–Kier alpha value is -2.73. The smallest absolute Gasteiger partial charge is 0.233 e. The fourth-order valence-corrected chi connectivity index (χ4v) is 5.92. The van der Waals surface area contributed by atoms with Crippen LogP contribution in [0.2, 0.25) is 0 Å². The van der Waals surface area contributed by atoms with E-state index in [1.807, 2.05) is 65.3 Å². The molecule has 1 aliphatic heterocycles. The van der Waals surface area contributed by atoms with E-state index in [4.69, 9.17) is 4.98 Å². The summed E-state index contributed by atoms with van der Waals surface area (Å²) in [6.07, 6.45) is 3.77. The average Bonchev–Trinajstić information content (AvgIpc) is 3.20.